The van der Waals surface area contributed by atoms with Crippen LogP contribution in [0.4, 0.5) is 0 Å². The van der Waals surface area contributed by atoms with E-state index in [1.54, 1.807) is 6.08 Å². The van der Waals surface area contributed by atoms with E-state index in [4.69, 9.17) is 18.9 Å². The first-order valence-electron chi connectivity index (χ1n) is 24.7. The summed E-state index contributed by atoms with van der Waals surface area (Å²) in [6, 6.07) is -0.931. The van der Waals surface area contributed by atoms with Crippen molar-refractivity contribution in [2.75, 3.05) is 19.8 Å². The van der Waals surface area contributed by atoms with Crippen LogP contribution in [-0.4, -0.2) is 140 Å². The fourth-order valence-electron chi connectivity index (χ4n) is 7.97. The Bertz CT molecular complexity index is 1200. The first-order chi connectivity index (χ1) is 30.6. The second-order valence-electron chi connectivity index (χ2n) is 17.6. The number of ether oxygens (including phenoxy) is 4. The molecule has 1 amide bonds. The molecule has 0 aromatic carbocycles. The number of allylic oxidation sites excluding steroid dienone is 5. The third kappa shape index (κ3) is 24.0. The van der Waals surface area contributed by atoms with Gasteiger partial charge in [0.1, 0.15) is 48.8 Å². The highest BCUT2D eigenvalue weighted by molar-refractivity contribution is 5.76. The normalized spacial score (nSPS) is 27.8. The summed E-state index contributed by atoms with van der Waals surface area (Å²) in [5.74, 6) is -0.265. The predicted octanol–water partition coefficient (Wildman–Crippen LogP) is 5.93. The van der Waals surface area contributed by atoms with Gasteiger partial charge in [-0.2, -0.15) is 0 Å². The maximum atomic E-state index is 13.0. The van der Waals surface area contributed by atoms with Gasteiger partial charge in [-0.1, -0.05) is 159 Å². The molecule has 2 fully saturated rings. The zero-order chi connectivity index (χ0) is 46.1. The summed E-state index contributed by atoms with van der Waals surface area (Å²) in [5, 5.41) is 86.3. The Balaban J connectivity index is 1.79. The highest BCUT2D eigenvalue weighted by atomic mass is 16.7. The van der Waals surface area contributed by atoms with Crippen molar-refractivity contribution in [2.24, 2.45) is 0 Å². The van der Waals surface area contributed by atoms with Gasteiger partial charge in [0.05, 0.1) is 32.0 Å². The molecule has 0 radical (unpaired) electrons. The van der Waals surface area contributed by atoms with Gasteiger partial charge in [-0.05, 0) is 44.9 Å². The van der Waals surface area contributed by atoms with Crippen LogP contribution in [0.5, 0.6) is 0 Å². The SMILES string of the molecule is CCCCCCCCCCCCCCC/C=C/CC/C=C/CC/C=C/C(O)C(COC1OC(CO)C(OC2OC(CO)C(O)C(O)C2O)C(O)C1O)NC(=O)CCCCCCCC. The number of hydrogen-bond donors (Lipinski definition) is 9. The van der Waals surface area contributed by atoms with E-state index in [0.717, 1.165) is 57.8 Å². The topological polar surface area (TPSA) is 228 Å². The first-order valence-corrected chi connectivity index (χ1v) is 24.7. The lowest BCUT2D eigenvalue weighted by Gasteiger charge is -2.46. The van der Waals surface area contributed by atoms with E-state index >= 15 is 0 Å². The Hall–Kier alpha value is -1.79. The molecule has 0 spiro atoms. The number of nitrogens with one attached hydrogen (secondary N) is 1. The number of carbonyl (C=O) groups excluding carboxylic acids is 1. The molecule has 2 aliphatic rings. The van der Waals surface area contributed by atoms with Crippen molar-refractivity contribution in [3.05, 3.63) is 36.5 Å². The van der Waals surface area contributed by atoms with E-state index in [9.17, 15) is 45.6 Å². The van der Waals surface area contributed by atoms with E-state index in [1.807, 2.05) is 6.08 Å². The molecule has 14 heteroatoms. The minimum Gasteiger partial charge on any atom is -0.394 e. The van der Waals surface area contributed by atoms with Gasteiger partial charge in [0.15, 0.2) is 12.6 Å². The van der Waals surface area contributed by atoms with Gasteiger partial charge in [-0.25, -0.2) is 0 Å². The van der Waals surface area contributed by atoms with E-state index < -0.39 is 86.8 Å². The molecule has 0 aromatic rings. The minimum absolute atomic E-state index is 0.265. The third-order valence-corrected chi connectivity index (χ3v) is 12.1. The number of aliphatic hydroxyl groups excluding tert-OH is 8. The summed E-state index contributed by atoms with van der Waals surface area (Å²) in [6.07, 6.45) is 23.9. The van der Waals surface area contributed by atoms with Crippen molar-refractivity contribution in [3.8, 4) is 0 Å². The number of hydrogen-bond acceptors (Lipinski definition) is 13. The fourth-order valence-corrected chi connectivity index (χ4v) is 7.97. The molecule has 2 saturated heterocycles. The zero-order valence-corrected chi connectivity index (χ0v) is 38.8. The highest BCUT2D eigenvalue weighted by Crippen LogP contribution is 2.30. The molecule has 63 heavy (non-hydrogen) atoms. The van der Waals surface area contributed by atoms with Gasteiger partial charge in [-0.3, -0.25) is 4.79 Å². The predicted molar refractivity (Wildman–Crippen MR) is 244 cm³/mol. The van der Waals surface area contributed by atoms with Crippen molar-refractivity contribution < 1.29 is 64.6 Å². The highest BCUT2D eigenvalue weighted by Gasteiger charge is 2.51. The van der Waals surface area contributed by atoms with Crippen molar-refractivity contribution in [3.63, 3.8) is 0 Å². The minimum atomic E-state index is -1.79. The van der Waals surface area contributed by atoms with Crippen LogP contribution in [0.25, 0.3) is 0 Å². The molecule has 0 aromatic heterocycles. The van der Waals surface area contributed by atoms with Crippen LogP contribution in [0.1, 0.15) is 174 Å². The molecule has 0 saturated carbocycles. The summed E-state index contributed by atoms with van der Waals surface area (Å²) in [5.41, 5.74) is 0. The smallest absolute Gasteiger partial charge is 0.220 e. The first kappa shape index (κ1) is 57.3. The number of amides is 1. The van der Waals surface area contributed by atoms with E-state index in [2.05, 4.69) is 43.5 Å². The Kier molecular flexibility index (Phi) is 33.1. The quantitative estimate of drug-likeness (QED) is 0.0261. The Morgan fingerprint density at radius 3 is 1.56 bits per heavy atom. The molecule has 0 bridgehead atoms. The van der Waals surface area contributed by atoms with Gasteiger partial charge in [-0.15, -0.1) is 0 Å². The fraction of sp³-hybridized carbons (Fsp3) is 0.857. The molecule has 12 unspecified atom stereocenters. The largest absolute Gasteiger partial charge is 0.394 e. The van der Waals surface area contributed by atoms with Crippen LogP contribution in [0, 0.1) is 0 Å². The second-order valence-corrected chi connectivity index (χ2v) is 17.6. The zero-order valence-electron chi connectivity index (χ0n) is 38.8. The maximum Gasteiger partial charge on any atom is 0.220 e. The standard InChI is InChI=1S/C49H89NO13/c1-3-5-7-9-11-12-13-14-15-16-17-18-19-20-21-22-23-24-25-26-27-28-30-32-38(53)37(50-41(54)33-31-29-10-8-6-4-2)36-60-48-46(59)44(57)47(40(35-52)62-48)63-49-45(58)43(56)42(55)39(34-51)61-49/h21-22,25-26,30,32,37-40,42-49,51-53,55-59H,3-20,23-24,27-29,31,33-36H2,1-2H3,(H,50,54)/b22-21+,26-25+,32-30+. The molecule has 0 aliphatic carbocycles. The number of rotatable bonds is 37. The van der Waals surface area contributed by atoms with Crippen molar-refractivity contribution >= 4 is 5.91 Å². The molecular formula is C49H89NO13. The lowest BCUT2D eigenvalue weighted by molar-refractivity contribution is -0.359. The summed E-state index contributed by atoms with van der Waals surface area (Å²) >= 11 is 0. The molecular weight excluding hydrogens is 811 g/mol. The Labute approximate surface area is 379 Å². The molecule has 2 rings (SSSR count). The van der Waals surface area contributed by atoms with Gasteiger partial charge < -0.3 is 65.1 Å². The summed E-state index contributed by atoms with van der Waals surface area (Å²) in [4.78, 5) is 13.0. The average Bonchev–Trinajstić information content (AvgIpc) is 3.28. The third-order valence-electron chi connectivity index (χ3n) is 12.1. The number of aliphatic hydroxyl groups is 8. The van der Waals surface area contributed by atoms with Gasteiger partial charge >= 0.3 is 0 Å². The van der Waals surface area contributed by atoms with Crippen LogP contribution < -0.4 is 5.32 Å². The lowest BCUT2D eigenvalue weighted by atomic mass is 9.97. The summed E-state index contributed by atoms with van der Waals surface area (Å²) in [6.45, 7) is 2.67. The summed E-state index contributed by atoms with van der Waals surface area (Å²) in [7, 11) is 0. The van der Waals surface area contributed by atoms with E-state index in [0.29, 0.717) is 12.8 Å². The van der Waals surface area contributed by atoms with Gasteiger partial charge in [0.25, 0.3) is 0 Å². The molecule has 368 valence electrons. The Morgan fingerprint density at radius 1 is 0.556 bits per heavy atom. The average molecular weight is 900 g/mol. The van der Waals surface area contributed by atoms with Crippen LogP contribution in [-0.2, 0) is 23.7 Å². The molecule has 14 nitrogen and oxygen atoms in total. The molecule has 2 heterocycles. The molecule has 9 N–H and O–H groups in total. The van der Waals surface area contributed by atoms with Gasteiger partial charge in [0.2, 0.25) is 5.91 Å². The van der Waals surface area contributed by atoms with Crippen molar-refractivity contribution in [1.29, 1.82) is 0 Å². The Morgan fingerprint density at radius 2 is 1.02 bits per heavy atom. The lowest BCUT2D eigenvalue weighted by Crippen LogP contribution is -2.65. The maximum absolute atomic E-state index is 13.0. The van der Waals surface area contributed by atoms with Crippen LogP contribution in [0.3, 0.4) is 0 Å². The summed E-state index contributed by atoms with van der Waals surface area (Å²) < 4.78 is 22.6. The number of unbranched alkanes of at least 4 members (excludes halogenated alkanes) is 20. The monoisotopic (exact) mass is 900 g/mol. The number of carbonyl (C=O) groups is 1. The van der Waals surface area contributed by atoms with E-state index in [-0.39, 0.29) is 18.9 Å². The molecule has 2 aliphatic heterocycles. The van der Waals surface area contributed by atoms with Crippen molar-refractivity contribution in [2.45, 2.75) is 248 Å². The van der Waals surface area contributed by atoms with Gasteiger partial charge in [0, 0.05) is 6.42 Å². The van der Waals surface area contributed by atoms with Crippen LogP contribution >= 0.6 is 0 Å². The molecule has 12 atom stereocenters. The second kappa shape index (κ2) is 36.3. The van der Waals surface area contributed by atoms with E-state index in [1.165, 1.54) is 83.5 Å². The van der Waals surface area contributed by atoms with Crippen LogP contribution in [0.15, 0.2) is 36.5 Å². The van der Waals surface area contributed by atoms with Crippen molar-refractivity contribution in [1.82, 2.24) is 5.32 Å². The van der Waals surface area contributed by atoms with Crippen LogP contribution in [0.2, 0.25) is 0 Å².